The monoisotopic (exact) mass is 433 g/mol. The van der Waals surface area contributed by atoms with Crippen molar-refractivity contribution in [1.82, 2.24) is 4.57 Å². The highest BCUT2D eigenvalue weighted by atomic mass is 32.2. The van der Waals surface area contributed by atoms with E-state index in [4.69, 9.17) is 0 Å². The van der Waals surface area contributed by atoms with Gasteiger partial charge in [-0.3, -0.25) is 19.7 Å². The van der Waals surface area contributed by atoms with E-state index in [2.05, 4.69) is 0 Å². The first kappa shape index (κ1) is 20.6. The second-order valence-corrected chi connectivity index (χ2v) is 8.24. The number of nitro groups is 1. The molecule has 1 aliphatic rings. The van der Waals surface area contributed by atoms with Gasteiger partial charge in [0.2, 0.25) is 0 Å². The molecule has 2 heterocycles. The fourth-order valence-corrected chi connectivity index (χ4v) is 4.55. The van der Waals surface area contributed by atoms with Crippen molar-refractivity contribution in [3.8, 4) is 5.69 Å². The summed E-state index contributed by atoms with van der Waals surface area (Å²) in [6, 6.07) is 15.5. The smallest absolute Gasteiger partial charge is 0.298 e. The van der Waals surface area contributed by atoms with Gasteiger partial charge in [0.25, 0.3) is 16.8 Å². The molecule has 1 fully saturated rings. The lowest BCUT2D eigenvalue weighted by molar-refractivity contribution is -0.384. The van der Waals surface area contributed by atoms with Gasteiger partial charge in [0.1, 0.15) is 0 Å². The van der Waals surface area contributed by atoms with Crippen LogP contribution in [0.5, 0.6) is 0 Å². The number of hydrogen-bond donors (Lipinski definition) is 0. The Bertz CT molecular complexity index is 1260. The first-order valence-electron chi connectivity index (χ1n) is 9.55. The Balaban J connectivity index is 1.72. The SMILES string of the molecule is Cc1cc([N+](=O)[O-])ccc1-n1c(C)cc(/C=C2/SC(=O)N(c3ccccc3)C2=O)c1C. The first-order valence-corrected chi connectivity index (χ1v) is 10.4. The Hall–Kier alpha value is -3.65. The summed E-state index contributed by atoms with van der Waals surface area (Å²) in [6.45, 7) is 5.67. The number of thioether (sulfide) groups is 1. The topological polar surface area (TPSA) is 85.4 Å². The first-order chi connectivity index (χ1) is 14.8. The molecule has 0 N–H and O–H groups in total. The summed E-state index contributed by atoms with van der Waals surface area (Å²) in [7, 11) is 0. The van der Waals surface area contributed by atoms with E-state index in [0.717, 1.165) is 40.0 Å². The molecule has 4 rings (SSSR count). The Morgan fingerprint density at radius 2 is 1.71 bits per heavy atom. The zero-order valence-corrected chi connectivity index (χ0v) is 18.0. The lowest BCUT2D eigenvalue weighted by Gasteiger charge is -2.13. The van der Waals surface area contributed by atoms with Crippen LogP contribution in [0.15, 0.2) is 59.5 Å². The zero-order chi connectivity index (χ0) is 22.3. The van der Waals surface area contributed by atoms with Gasteiger partial charge in [-0.2, -0.15) is 0 Å². The molecule has 7 nitrogen and oxygen atoms in total. The summed E-state index contributed by atoms with van der Waals surface area (Å²) >= 11 is 0.914. The molecule has 2 aromatic carbocycles. The van der Waals surface area contributed by atoms with Crippen molar-refractivity contribution in [2.24, 2.45) is 0 Å². The maximum absolute atomic E-state index is 12.9. The van der Waals surface area contributed by atoms with Crippen molar-refractivity contribution in [1.29, 1.82) is 0 Å². The average molecular weight is 433 g/mol. The fourth-order valence-electron chi connectivity index (χ4n) is 3.72. The molecule has 2 amide bonds. The van der Waals surface area contributed by atoms with Gasteiger partial charge in [0.05, 0.1) is 15.5 Å². The number of amides is 2. The van der Waals surface area contributed by atoms with E-state index in [-0.39, 0.29) is 16.8 Å². The predicted octanol–water partition coefficient (Wildman–Crippen LogP) is 5.55. The van der Waals surface area contributed by atoms with E-state index in [1.54, 1.807) is 42.5 Å². The van der Waals surface area contributed by atoms with Gasteiger partial charge in [0, 0.05) is 29.2 Å². The van der Waals surface area contributed by atoms with Crippen molar-refractivity contribution in [2.75, 3.05) is 4.90 Å². The number of aryl methyl sites for hydroxylation is 2. The second-order valence-electron chi connectivity index (χ2n) is 7.24. The van der Waals surface area contributed by atoms with Gasteiger partial charge in [-0.25, -0.2) is 4.90 Å². The number of para-hydroxylation sites is 1. The highest BCUT2D eigenvalue weighted by Gasteiger charge is 2.36. The fraction of sp³-hybridized carbons (Fsp3) is 0.130. The molecule has 1 aromatic heterocycles. The maximum Gasteiger partial charge on any atom is 0.298 e. The quantitative estimate of drug-likeness (QED) is 0.306. The predicted molar refractivity (Wildman–Crippen MR) is 122 cm³/mol. The molecule has 1 saturated heterocycles. The Kier molecular flexibility index (Phi) is 5.24. The standard InChI is InChI=1S/C23H19N3O4S/c1-14-11-19(26(29)30)9-10-20(14)24-15(2)12-17(16(24)3)13-21-22(27)25(23(28)31-21)18-7-5-4-6-8-18/h4-13H,1-3H3/b21-13+. The summed E-state index contributed by atoms with van der Waals surface area (Å²) < 4.78 is 1.99. The van der Waals surface area contributed by atoms with Crippen LogP contribution in [0, 0.1) is 30.9 Å². The molecular formula is C23H19N3O4S. The molecule has 1 aliphatic heterocycles. The lowest BCUT2D eigenvalue weighted by Crippen LogP contribution is -2.27. The van der Waals surface area contributed by atoms with Crippen LogP contribution < -0.4 is 4.90 Å². The van der Waals surface area contributed by atoms with Gasteiger partial charge >= 0.3 is 0 Å². The van der Waals surface area contributed by atoms with E-state index in [1.165, 1.54) is 11.0 Å². The van der Waals surface area contributed by atoms with E-state index in [9.17, 15) is 19.7 Å². The number of carbonyl (C=O) groups is 2. The van der Waals surface area contributed by atoms with Gasteiger partial charge < -0.3 is 4.57 Å². The molecule has 8 heteroatoms. The summed E-state index contributed by atoms with van der Waals surface area (Å²) in [5.74, 6) is -0.350. The lowest BCUT2D eigenvalue weighted by atomic mass is 10.1. The Labute approximate surface area is 183 Å². The summed E-state index contributed by atoms with van der Waals surface area (Å²) in [6.07, 6.45) is 1.73. The number of benzene rings is 2. The second kappa shape index (κ2) is 7.88. The summed E-state index contributed by atoms with van der Waals surface area (Å²) in [5.41, 5.74) is 4.79. The van der Waals surface area contributed by atoms with Crippen LogP contribution in [0.2, 0.25) is 0 Å². The third kappa shape index (κ3) is 3.66. The van der Waals surface area contributed by atoms with E-state index < -0.39 is 4.92 Å². The largest absolute Gasteiger partial charge is 0.318 e. The van der Waals surface area contributed by atoms with E-state index in [0.29, 0.717) is 10.6 Å². The number of hydrogen-bond acceptors (Lipinski definition) is 5. The third-order valence-electron chi connectivity index (χ3n) is 5.20. The highest BCUT2D eigenvalue weighted by Crippen LogP contribution is 2.36. The van der Waals surface area contributed by atoms with Crippen LogP contribution in [0.1, 0.15) is 22.5 Å². The van der Waals surface area contributed by atoms with Crippen molar-refractivity contribution in [2.45, 2.75) is 20.8 Å². The molecule has 0 atom stereocenters. The van der Waals surface area contributed by atoms with Crippen molar-refractivity contribution < 1.29 is 14.5 Å². The van der Waals surface area contributed by atoms with Crippen LogP contribution in [0.4, 0.5) is 16.2 Å². The van der Waals surface area contributed by atoms with Crippen molar-refractivity contribution in [3.63, 3.8) is 0 Å². The van der Waals surface area contributed by atoms with Crippen molar-refractivity contribution >= 4 is 40.4 Å². The number of rotatable bonds is 4. The molecule has 0 spiro atoms. The average Bonchev–Trinajstić information content (AvgIpc) is 3.17. The molecule has 0 aliphatic carbocycles. The molecule has 3 aromatic rings. The summed E-state index contributed by atoms with van der Waals surface area (Å²) in [4.78, 5) is 37.5. The Morgan fingerprint density at radius 1 is 1.00 bits per heavy atom. The van der Waals surface area contributed by atoms with Crippen LogP contribution in [0.25, 0.3) is 11.8 Å². The number of carbonyl (C=O) groups excluding carboxylic acids is 2. The molecule has 156 valence electrons. The molecule has 0 unspecified atom stereocenters. The van der Waals surface area contributed by atoms with Crippen LogP contribution >= 0.6 is 11.8 Å². The van der Waals surface area contributed by atoms with Gasteiger partial charge in [-0.15, -0.1) is 0 Å². The summed E-state index contributed by atoms with van der Waals surface area (Å²) in [5, 5.41) is 10.7. The minimum absolute atomic E-state index is 0.0403. The van der Waals surface area contributed by atoms with Gasteiger partial charge in [-0.1, -0.05) is 18.2 Å². The maximum atomic E-state index is 12.9. The van der Waals surface area contributed by atoms with E-state index in [1.807, 2.05) is 37.5 Å². The molecule has 31 heavy (non-hydrogen) atoms. The third-order valence-corrected chi connectivity index (χ3v) is 6.07. The minimum Gasteiger partial charge on any atom is -0.318 e. The van der Waals surface area contributed by atoms with Crippen LogP contribution in [-0.2, 0) is 4.79 Å². The normalized spacial score (nSPS) is 15.2. The van der Waals surface area contributed by atoms with Crippen LogP contribution in [-0.4, -0.2) is 20.6 Å². The molecular weight excluding hydrogens is 414 g/mol. The number of imide groups is 1. The molecule has 0 saturated carbocycles. The van der Waals surface area contributed by atoms with Crippen molar-refractivity contribution in [3.05, 3.63) is 92.1 Å². The number of anilines is 1. The molecule has 0 bridgehead atoms. The number of aromatic nitrogens is 1. The zero-order valence-electron chi connectivity index (χ0n) is 17.2. The molecule has 0 radical (unpaired) electrons. The van der Waals surface area contributed by atoms with Gasteiger partial charge in [-0.05, 0) is 74.0 Å². The Morgan fingerprint density at radius 3 is 2.35 bits per heavy atom. The number of non-ortho nitro benzene ring substituents is 1. The van der Waals surface area contributed by atoms with Crippen LogP contribution in [0.3, 0.4) is 0 Å². The minimum atomic E-state index is -0.416. The highest BCUT2D eigenvalue weighted by molar-refractivity contribution is 8.19. The number of nitrogens with zero attached hydrogens (tertiary/aromatic N) is 3. The van der Waals surface area contributed by atoms with E-state index >= 15 is 0 Å². The van der Waals surface area contributed by atoms with Gasteiger partial charge in [0.15, 0.2) is 0 Å². The number of nitro benzene ring substituents is 1.